The van der Waals surface area contributed by atoms with Crippen LogP contribution in [-0.4, -0.2) is 35.4 Å². The molecule has 0 amide bonds. The molecule has 2 N–H and O–H groups in total. The zero-order chi connectivity index (χ0) is 12.7. The van der Waals surface area contributed by atoms with Gasteiger partial charge in [0.2, 0.25) is 0 Å². The molecule has 1 aromatic heterocycles. The highest BCUT2D eigenvalue weighted by molar-refractivity contribution is 7.92. The van der Waals surface area contributed by atoms with Gasteiger partial charge < -0.3 is 5.11 Å². The van der Waals surface area contributed by atoms with Gasteiger partial charge in [-0.05, 0) is 25.8 Å². The molecule has 1 aliphatic heterocycles. The summed E-state index contributed by atoms with van der Waals surface area (Å²) in [6.45, 7) is 1.63. The molecule has 0 bridgehead atoms. The highest BCUT2D eigenvalue weighted by Crippen LogP contribution is 2.38. The lowest BCUT2D eigenvalue weighted by Crippen LogP contribution is -2.38. The Kier molecular flexibility index (Phi) is 2.73. The Morgan fingerprint density at radius 2 is 2.24 bits per heavy atom. The van der Waals surface area contributed by atoms with Crippen molar-refractivity contribution in [2.24, 2.45) is 0 Å². The third kappa shape index (κ3) is 1.84. The highest BCUT2D eigenvalue weighted by atomic mass is 32.2. The van der Waals surface area contributed by atoms with Crippen molar-refractivity contribution in [3.63, 3.8) is 0 Å². The second-order valence-corrected chi connectivity index (χ2v) is 7.02. The van der Waals surface area contributed by atoms with E-state index in [4.69, 9.17) is 5.11 Å². The SMILES string of the molecule is CC1(c2cc(C(=O)O)n[nH]2)CCCCS1(=O)=O. The first kappa shape index (κ1) is 12.1. The molecule has 94 valence electrons. The molecule has 0 spiro atoms. The van der Waals surface area contributed by atoms with Gasteiger partial charge in [0.05, 0.1) is 11.4 Å². The van der Waals surface area contributed by atoms with E-state index in [0.29, 0.717) is 18.5 Å². The Balaban J connectivity index is 2.46. The lowest BCUT2D eigenvalue weighted by Gasteiger charge is -2.31. The van der Waals surface area contributed by atoms with Gasteiger partial charge in [0, 0.05) is 0 Å². The zero-order valence-electron chi connectivity index (χ0n) is 9.43. The molecular weight excluding hydrogens is 244 g/mol. The third-order valence-corrected chi connectivity index (χ3v) is 5.99. The van der Waals surface area contributed by atoms with E-state index in [0.717, 1.165) is 6.42 Å². The first-order valence-corrected chi connectivity index (χ1v) is 7.03. The summed E-state index contributed by atoms with van der Waals surface area (Å²) in [5.74, 6) is -1.02. The van der Waals surface area contributed by atoms with Gasteiger partial charge in [-0.2, -0.15) is 5.10 Å². The molecule has 6 nitrogen and oxygen atoms in total. The number of aromatic nitrogens is 2. The Hall–Kier alpha value is -1.37. The van der Waals surface area contributed by atoms with Crippen LogP contribution in [0.25, 0.3) is 0 Å². The Bertz CT molecular complexity index is 548. The fourth-order valence-electron chi connectivity index (χ4n) is 2.14. The Morgan fingerprint density at radius 1 is 1.53 bits per heavy atom. The summed E-state index contributed by atoms with van der Waals surface area (Å²) in [5.41, 5.74) is 0.219. The van der Waals surface area contributed by atoms with Crippen molar-refractivity contribution in [1.29, 1.82) is 0 Å². The van der Waals surface area contributed by atoms with Gasteiger partial charge in [-0.1, -0.05) is 6.42 Å². The summed E-state index contributed by atoms with van der Waals surface area (Å²) < 4.78 is 23.1. The summed E-state index contributed by atoms with van der Waals surface area (Å²) in [6.07, 6.45) is 1.98. The number of hydrogen-bond acceptors (Lipinski definition) is 4. The fraction of sp³-hybridized carbons (Fsp3) is 0.600. The average Bonchev–Trinajstić information content (AvgIpc) is 2.72. The summed E-state index contributed by atoms with van der Waals surface area (Å²) in [4.78, 5) is 10.7. The van der Waals surface area contributed by atoms with E-state index < -0.39 is 20.6 Å². The van der Waals surface area contributed by atoms with E-state index in [9.17, 15) is 13.2 Å². The first-order valence-electron chi connectivity index (χ1n) is 5.38. The van der Waals surface area contributed by atoms with Gasteiger partial charge in [0.25, 0.3) is 0 Å². The van der Waals surface area contributed by atoms with E-state index in [1.807, 2.05) is 0 Å². The molecule has 1 fully saturated rings. The van der Waals surface area contributed by atoms with Crippen molar-refractivity contribution in [3.05, 3.63) is 17.5 Å². The topological polar surface area (TPSA) is 100 Å². The summed E-state index contributed by atoms with van der Waals surface area (Å²) in [5, 5.41) is 14.9. The first-order chi connectivity index (χ1) is 7.87. The minimum Gasteiger partial charge on any atom is -0.476 e. The van der Waals surface area contributed by atoms with Crippen molar-refractivity contribution < 1.29 is 18.3 Å². The maximum Gasteiger partial charge on any atom is 0.356 e. The fourth-order valence-corrected chi connectivity index (χ4v) is 4.07. The quantitative estimate of drug-likeness (QED) is 0.821. The number of nitrogens with zero attached hydrogens (tertiary/aromatic N) is 1. The van der Waals surface area contributed by atoms with Crippen LogP contribution in [0, 0.1) is 0 Å². The van der Waals surface area contributed by atoms with Crippen LogP contribution in [0.3, 0.4) is 0 Å². The molecule has 2 rings (SSSR count). The molecule has 1 aromatic rings. The predicted molar refractivity (Wildman–Crippen MR) is 60.5 cm³/mol. The number of nitrogens with one attached hydrogen (secondary N) is 1. The number of hydrogen-bond donors (Lipinski definition) is 2. The molecule has 0 aromatic carbocycles. The molecule has 7 heteroatoms. The lowest BCUT2D eigenvalue weighted by atomic mass is 9.99. The second kappa shape index (κ2) is 3.83. The van der Waals surface area contributed by atoms with Crippen molar-refractivity contribution in [3.8, 4) is 0 Å². The van der Waals surface area contributed by atoms with Gasteiger partial charge >= 0.3 is 5.97 Å². The average molecular weight is 258 g/mol. The second-order valence-electron chi connectivity index (χ2n) is 4.48. The van der Waals surface area contributed by atoms with Gasteiger partial charge in [0.1, 0.15) is 4.75 Å². The van der Waals surface area contributed by atoms with Crippen LogP contribution < -0.4 is 0 Å². The molecule has 1 aliphatic rings. The van der Waals surface area contributed by atoms with Crippen LogP contribution in [0.4, 0.5) is 0 Å². The van der Waals surface area contributed by atoms with Crippen molar-refractivity contribution in [2.75, 3.05) is 5.75 Å². The van der Waals surface area contributed by atoms with E-state index in [1.54, 1.807) is 6.92 Å². The maximum absolute atomic E-state index is 12.1. The zero-order valence-corrected chi connectivity index (χ0v) is 10.2. The van der Waals surface area contributed by atoms with E-state index in [-0.39, 0.29) is 11.4 Å². The molecule has 0 radical (unpaired) electrons. The smallest absolute Gasteiger partial charge is 0.356 e. The molecule has 1 atom stereocenters. The number of rotatable bonds is 2. The predicted octanol–water partition coefficient (Wildman–Crippen LogP) is 0.922. The summed E-state index contributed by atoms with van der Waals surface area (Å²) >= 11 is 0. The molecule has 1 unspecified atom stereocenters. The third-order valence-electron chi connectivity index (χ3n) is 3.37. The largest absolute Gasteiger partial charge is 0.476 e. The lowest BCUT2D eigenvalue weighted by molar-refractivity contribution is 0.0690. The standard InChI is InChI=1S/C10H14N2O4S/c1-10(4-2-3-5-17(10,15)16)8-6-7(9(13)14)11-12-8/h6H,2-5H2,1H3,(H,11,12)(H,13,14). The van der Waals surface area contributed by atoms with Crippen LogP contribution in [0.15, 0.2) is 6.07 Å². The molecule has 0 aliphatic carbocycles. The normalized spacial score (nSPS) is 27.8. The highest BCUT2D eigenvalue weighted by Gasteiger charge is 2.44. The van der Waals surface area contributed by atoms with Crippen LogP contribution in [0.1, 0.15) is 42.4 Å². The minimum atomic E-state index is -3.25. The van der Waals surface area contributed by atoms with Gasteiger partial charge in [-0.3, -0.25) is 5.10 Å². The summed E-state index contributed by atoms with van der Waals surface area (Å²) in [7, 11) is -3.25. The van der Waals surface area contributed by atoms with Gasteiger partial charge in [-0.15, -0.1) is 0 Å². The Morgan fingerprint density at radius 3 is 2.76 bits per heavy atom. The monoisotopic (exact) mass is 258 g/mol. The molecule has 0 saturated carbocycles. The van der Waals surface area contributed by atoms with Crippen molar-refractivity contribution in [2.45, 2.75) is 30.9 Å². The number of aromatic amines is 1. The van der Waals surface area contributed by atoms with Gasteiger partial charge in [-0.25, -0.2) is 13.2 Å². The van der Waals surface area contributed by atoms with E-state index in [1.165, 1.54) is 6.07 Å². The van der Waals surface area contributed by atoms with E-state index >= 15 is 0 Å². The molecular formula is C10H14N2O4S. The van der Waals surface area contributed by atoms with Crippen LogP contribution in [0.5, 0.6) is 0 Å². The number of carbonyl (C=O) groups is 1. The number of carboxylic acid groups (broad SMARTS) is 1. The van der Waals surface area contributed by atoms with Gasteiger partial charge in [0.15, 0.2) is 15.5 Å². The maximum atomic E-state index is 12.1. The van der Waals surface area contributed by atoms with E-state index in [2.05, 4.69) is 10.2 Å². The number of carboxylic acids is 1. The van der Waals surface area contributed by atoms with Crippen LogP contribution in [-0.2, 0) is 14.6 Å². The molecule has 2 heterocycles. The Labute approximate surface area is 99.0 Å². The van der Waals surface area contributed by atoms with Crippen LogP contribution >= 0.6 is 0 Å². The molecule has 17 heavy (non-hydrogen) atoms. The number of sulfone groups is 1. The van der Waals surface area contributed by atoms with Crippen molar-refractivity contribution in [1.82, 2.24) is 10.2 Å². The molecule has 1 saturated heterocycles. The number of H-pyrrole nitrogens is 1. The number of aromatic carboxylic acids is 1. The van der Waals surface area contributed by atoms with Crippen LogP contribution in [0.2, 0.25) is 0 Å². The van der Waals surface area contributed by atoms with Crippen molar-refractivity contribution >= 4 is 15.8 Å². The minimum absolute atomic E-state index is 0.144. The summed E-state index contributed by atoms with van der Waals surface area (Å²) in [6, 6.07) is 1.31.